The molecule has 2 aromatic rings. The number of sulfonamides is 1. The van der Waals surface area contributed by atoms with Gasteiger partial charge in [-0.15, -0.1) is 6.58 Å². The highest BCUT2D eigenvalue weighted by atomic mass is 32.2. The van der Waals surface area contributed by atoms with E-state index in [-0.39, 0.29) is 19.5 Å². The summed E-state index contributed by atoms with van der Waals surface area (Å²) in [6, 6.07) is 14.5. The highest BCUT2D eigenvalue weighted by Gasteiger charge is 2.31. The maximum Gasteiger partial charge on any atom is 0.220 e. The molecule has 0 aliphatic rings. The minimum Gasteiger partial charge on any atom is -0.497 e. The normalized spacial score (nSPS) is 12.6. The van der Waals surface area contributed by atoms with Gasteiger partial charge in [-0.05, 0) is 41.8 Å². The van der Waals surface area contributed by atoms with Crippen molar-refractivity contribution in [3.05, 3.63) is 72.3 Å². The van der Waals surface area contributed by atoms with Crippen molar-refractivity contribution in [2.24, 2.45) is 0 Å². The Bertz CT molecular complexity index is 798. The molecule has 0 fully saturated rings. The van der Waals surface area contributed by atoms with Gasteiger partial charge in [0.25, 0.3) is 0 Å². The standard InChI is InChI=1S/C21H27NO5S/c1-4-5-21(16-23)28(24,25)22(14-17-6-10-19(26-2)11-7-17)15-18-8-12-20(27-3)13-9-18/h4,6-13,21,23H,1,5,14-16H2,2-3H3. The summed E-state index contributed by atoms with van der Waals surface area (Å²) in [5.74, 6) is 1.40. The second-order valence-corrected chi connectivity index (χ2v) is 8.55. The predicted octanol–water partition coefficient (Wildman–Crippen LogP) is 2.97. The summed E-state index contributed by atoms with van der Waals surface area (Å²) < 4.78 is 38.1. The van der Waals surface area contributed by atoms with E-state index in [9.17, 15) is 13.5 Å². The summed E-state index contributed by atoms with van der Waals surface area (Å²) in [4.78, 5) is 0. The van der Waals surface area contributed by atoms with E-state index in [2.05, 4.69) is 6.58 Å². The Morgan fingerprint density at radius 1 is 0.964 bits per heavy atom. The number of hydrogen-bond donors (Lipinski definition) is 1. The van der Waals surface area contributed by atoms with E-state index in [1.54, 1.807) is 38.5 Å². The zero-order valence-corrected chi connectivity index (χ0v) is 17.1. The molecule has 0 amide bonds. The van der Waals surface area contributed by atoms with Crippen molar-refractivity contribution < 1.29 is 23.0 Å². The van der Waals surface area contributed by atoms with Gasteiger partial charge in [0.1, 0.15) is 16.7 Å². The Morgan fingerprint density at radius 3 is 1.71 bits per heavy atom. The lowest BCUT2D eigenvalue weighted by Gasteiger charge is -2.26. The van der Waals surface area contributed by atoms with Crippen LogP contribution in [0.15, 0.2) is 61.2 Å². The number of nitrogens with zero attached hydrogens (tertiary/aromatic N) is 1. The summed E-state index contributed by atoms with van der Waals surface area (Å²) >= 11 is 0. The van der Waals surface area contributed by atoms with E-state index in [1.807, 2.05) is 24.3 Å². The molecular weight excluding hydrogens is 378 g/mol. The topological polar surface area (TPSA) is 76.1 Å². The highest BCUT2D eigenvalue weighted by Crippen LogP contribution is 2.22. The maximum atomic E-state index is 13.2. The first-order valence-electron chi connectivity index (χ1n) is 8.91. The van der Waals surface area contributed by atoms with Crippen LogP contribution in [0.3, 0.4) is 0 Å². The van der Waals surface area contributed by atoms with Gasteiger partial charge in [0.05, 0.1) is 20.8 Å². The summed E-state index contributed by atoms with van der Waals surface area (Å²) in [5.41, 5.74) is 1.65. The quantitative estimate of drug-likeness (QED) is 0.582. The van der Waals surface area contributed by atoms with Gasteiger partial charge in [-0.3, -0.25) is 0 Å². The monoisotopic (exact) mass is 405 g/mol. The predicted molar refractivity (Wildman–Crippen MR) is 110 cm³/mol. The summed E-state index contributed by atoms with van der Waals surface area (Å²) in [6.07, 6.45) is 1.69. The van der Waals surface area contributed by atoms with Crippen molar-refractivity contribution in [3.8, 4) is 11.5 Å². The van der Waals surface area contributed by atoms with E-state index in [0.717, 1.165) is 11.1 Å². The lowest BCUT2D eigenvalue weighted by atomic mass is 10.2. The maximum absolute atomic E-state index is 13.2. The van der Waals surface area contributed by atoms with E-state index in [0.29, 0.717) is 11.5 Å². The minimum absolute atomic E-state index is 0.181. The zero-order valence-electron chi connectivity index (χ0n) is 16.2. The van der Waals surface area contributed by atoms with Gasteiger partial charge in [0.2, 0.25) is 10.0 Å². The SMILES string of the molecule is C=CCC(CO)S(=O)(=O)N(Cc1ccc(OC)cc1)Cc1ccc(OC)cc1. The van der Waals surface area contributed by atoms with Crippen LogP contribution < -0.4 is 9.47 Å². The van der Waals surface area contributed by atoms with Gasteiger partial charge in [-0.1, -0.05) is 30.3 Å². The first kappa shape index (κ1) is 21.9. The number of aliphatic hydroxyl groups is 1. The van der Waals surface area contributed by atoms with Crippen LogP contribution >= 0.6 is 0 Å². The van der Waals surface area contributed by atoms with Crippen molar-refractivity contribution in [1.29, 1.82) is 0 Å². The molecule has 28 heavy (non-hydrogen) atoms. The largest absolute Gasteiger partial charge is 0.497 e. The van der Waals surface area contributed by atoms with Crippen LogP contribution in [0, 0.1) is 0 Å². The third kappa shape index (κ3) is 5.58. The Balaban J connectivity index is 2.33. The van der Waals surface area contributed by atoms with Gasteiger partial charge in [0.15, 0.2) is 0 Å². The molecule has 1 atom stereocenters. The molecule has 6 nitrogen and oxygen atoms in total. The average Bonchev–Trinajstić information content (AvgIpc) is 2.72. The Hall–Kier alpha value is -2.35. The number of allylic oxidation sites excluding steroid dienone is 1. The second kappa shape index (κ2) is 10.3. The lowest BCUT2D eigenvalue weighted by Crippen LogP contribution is -2.39. The van der Waals surface area contributed by atoms with E-state index < -0.39 is 21.9 Å². The molecule has 0 spiro atoms. The molecule has 0 saturated heterocycles. The fourth-order valence-electron chi connectivity index (χ4n) is 2.79. The molecule has 2 aromatic carbocycles. The molecule has 2 rings (SSSR count). The molecule has 152 valence electrons. The highest BCUT2D eigenvalue weighted by molar-refractivity contribution is 7.89. The van der Waals surface area contributed by atoms with Crippen LogP contribution in [-0.4, -0.2) is 43.9 Å². The lowest BCUT2D eigenvalue weighted by molar-refractivity contribution is 0.281. The Labute approximate surface area is 167 Å². The molecule has 1 N–H and O–H groups in total. The molecular formula is C21H27NO5S. The fourth-order valence-corrected chi connectivity index (χ4v) is 4.44. The number of aliphatic hydroxyl groups excluding tert-OH is 1. The average molecular weight is 406 g/mol. The van der Waals surface area contributed by atoms with E-state index in [1.165, 1.54) is 10.4 Å². The van der Waals surface area contributed by atoms with Gasteiger partial charge < -0.3 is 14.6 Å². The second-order valence-electron chi connectivity index (χ2n) is 6.34. The number of ether oxygens (including phenoxy) is 2. The number of hydrogen-bond acceptors (Lipinski definition) is 5. The first-order chi connectivity index (χ1) is 13.4. The van der Waals surface area contributed by atoms with Crippen molar-refractivity contribution in [2.45, 2.75) is 24.8 Å². The summed E-state index contributed by atoms with van der Waals surface area (Å²) in [6.45, 7) is 3.52. The Morgan fingerprint density at radius 2 is 1.39 bits per heavy atom. The van der Waals surface area contributed by atoms with Gasteiger partial charge in [0, 0.05) is 13.1 Å². The van der Waals surface area contributed by atoms with Crippen molar-refractivity contribution in [2.75, 3.05) is 20.8 Å². The molecule has 0 radical (unpaired) electrons. The first-order valence-corrected chi connectivity index (χ1v) is 10.4. The van der Waals surface area contributed by atoms with Crippen molar-refractivity contribution in [3.63, 3.8) is 0 Å². The van der Waals surface area contributed by atoms with Crippen LogP contribution in [0.25, 0.3) is 0 Å². The number of methoxy groups -OCH3 is 2. The number of benzene rings is 2. The van der Waals surface area contributed by atoms with Gasteiger partial charge >= 0.3 is 0 Å². The molecule has 0 bridgehead atoms. The summed E-state index contributed by atoms with van der Waals surface area (Å²) in [5, 5.41) is 8.69. The molecule has 0 saturated carbocycles. The smallest absolute Gasteiger partial charge is 0.220 e. The molecule has 0 aliphatic carbocycles. The fraction of sp³-hybridized carbons (Fsp3) is 0.333. The van der Waals surface area contributed by atoms with Crippen LogP contribution in [-0.2, 0) is 23.1 Å². The van der Waals surface area contributed by atoms with Gasteiger partial charge in [-0.2, -0.15) is 4.31 Å². The molecule has 0 heterocycles. The molecule has 7 heteroatoms. The minimum atomic E-state index is -3.75. The van der Waals surface area contributed by atoms with Crippen LogP contribution in [0.4, 0.5) is 0 Å². The molecule has 0 aromatic heterocycles. The van der Waals surface area contributed by atoms with Gasteiger partial charge in [-0.25, -0.2) is 8.42 Å². The Kier molecular flexibility index (Phi) is 8.04. The molecule has 0 aliphatic heterocycles. The zero-order chi connectivity index (χ0) is 20.6. The van der Waals surface area contributed by atoms with Crippen molar-refractivity contribution in [1.82, 2.24) is 4.31 Å². The van der Waals surface area contributed by atoms with Crippen LogP contribution in [0.1, 0.15) is 17.5 Å². The third-order valence-corrected chi connectivity index (χ3v) is 6.61. The molecule has 1 unspecified atom stereocenters. The summed E-state index contributed by atoms with van der Waals surface area (Å²) in [7, 11) is -0.594. The van der Waals surface area contributed by atoms with E-state index >= 15 is 0 Å². The van der Waals surface area contributed by atoms with E-state index in [4.69, 9.17) is 9.47 Å². The van der Waals surface area contributed by atoms with Crippen molar-refractivity contribution >= 4 is 10.0 Å². The van der Waals surface area contributed by atoms with Crippen LogP contribution in [0.2, 0.25) is 0 Å². The third-order valence-electron chi connectivity index (χ3n) is 4.45. The number of rotatable bonds is 11. The van der Waals surface area contributed by atoms with Crippen LogP contribution in [0.5, 0.6) is 11.5 Å².